The van der Waals surface area contributed by atoms with Gasteiger partial charge in [-0.3, -0.25) is 4.79 Å². The minimum absolute atomic E-state index is 0.0127. The Bertz CT molecular complexity index is 1870. The van der Waals surface area contributed by atoms with E-state index in [9.17, 15) is 9.59 Å². The van der Waals surface area contributed by atoms with Gasteiger partial charge >= 0.3 is 11.8 Å². The summed E-state index contributed by atoms with van der Waals surface area (Å²) in [6, 6.07) is 3.18. The molecule has 5 heterocycles. The number of fused-ring (bicyclic) bond motifs is 3. The fourth-order valence-corrected chi connectivity index (χ4v) is 7.20. The molecule has 0 aliphatic heterocycles. The van der Waals surface area contributed by atoms with Crippen LogP contribution in [0.3, 0.4) is 0 Å². The molecule has 14 heteroatoms. The van der Waals surface area contributed by atoms with Crippen LogP contribution in [0.4, 0.5) is 10.2 Å². The van der Waals surface area contributed by atoms with Crippen LogP contribution in [0.5, 0.6) is 0 Å². The third kappa shape index (κ3) is 5.31. The highest BCUT2D eigenvalue weighted by atomic mass is 35.5. The number of halogens is 2. The van der Waals surface area contributed by atoms with Gasteiger partial charge in [0.05, 0.1) is 22.6 Å². The van der Waals surface area contributed by atoms with E-state index in [0.29, 0.717) is 33.9 Å². The number of esters is 1. The second-order valence-corrected chi connectivity index (χ2v) is 12.3. The van der Waals surface area contributed by atoms with Gasteiger partial charge in [-0.1, -0.05) is 30.5 Å². The molecule has 7 rings (SSSR count). The Kier molecular flexibility index (Phi) is 7.21. The first kappa shape index (κ1) is 27.7. The second-order valence-electron chi connectivity index (χ2n) is 11.0. The van der Waals surface area contributed by atoms with E-state index < -0.39 is 29.6 Å². The van der Waals surface area contributed by atoms with E-state index in [0.717, 1.165) is 25.7 Å². The summed E-state index contributed by atoms with van der Waals surface area (Å²) < 4.78 is 31.8. The van der Waals surface area contributed by atoms with E-state index in [2.05, 4.69) is 30.2 Å². The lowest BCUT2D eigenvalue weighted by Crippen LogP contribution is -2.48. The summed E-state index contributed by atoms with van der Waals surface area (Å²) in [6.07, 6.45) is 7.56. The van der Waals surface area contributed by atoms with E-state index in [1.807, 2.05) is 11.4 Å². The van der Waals surface area contributed by atoms with Crippen molar-refractivity contribution in [1.82, 2.24) is 24.9 Å². The molecule has 4 atom stereocenters. The Morgan fingerprint density at radius 2 is 2.14 bits per heavy atom. The first-order valence-electron chi connectivity index (χ1n) is 14.0. The van der Waals surface area contributed by atoms with Crippen LogP contribution in [0.2, 0.25) is 5.15 Å². The molecule has 2 aliphatic rings. The van der Waals surface area contributed by atoms with Gasteiger partial charge in [0.15, 0.2) is 41.2 Å². The van der Waals surface area contributed by atoms with Gasteiger partial charge in [-0.05, 0) is 49.5 Å². The SMILES string of the molecule is Cc1oc(=O)oc1COC(=O)[C@H]1CC2CCCC(C2)[C@@H]1Nc1nc(-c2c[nH]c3ncc(Cl)nc23)nc(-c2cccs2)c1F. The quantitative estimate of drug-likeness (QED) is 0.202. The van der Waals surface area contributed by atoms with Gasteiger partial charge in [0.25, 0.3) is 0 Å². The Labute approximate surface area is 252 Å². The van der Waals surface area contributed by atoms with Crippen LogP contribution >= 0.6 is 22.9 Å². The third-order valence-corrected chi connectivity index (χ3v) is 9.40. The molecule has 2 bridgehead atoms. The van der Waals surface area contributed by atoms with Crippen molar-refractivity contribution in [3.63, 3.8) is 0 Å². The number of nitrogens with zero attached hydrogens (tertiary/aromatic N) is 4. The van der Waals surface area contributed by atoms with Crippen molar-refractivity contribution in [1.29, 1.82) is 0 Å². The van der Waals surface area contributed by atoms with E-state index in [4.69, 9.17) is 25.2 Å². The van der Waals surface area contributed by atoms with Crippen LogP contribution in [-0.2, 0) is 16.1 Å². The molecule has 222 valence electrons. The number of hydrogen-bond donors (Lipinski definition) is 2. The summed E-state index contributed by atoms with van der Waals surface area (Å²) in [5.74, 6) is -1.37. The molecule has 2 aliphatic carbocycles. The number of carbonyl (C=O) groups is 1. The van der Waals surface area contributed by atoms with Gasteiger partial charge in [-0.15, -0.1) is 11.3 Å². The Morgan fingerprint density at radius 3 is 2.93 bits per heavy atom. The van der Waals surface area contributed by atoms with Crippen LogP contribution in [0.25, 0.3) is 33.1 Å². The van der Waals surface area contributed by atoms with E-state index in [1.165, 1.54) is 17.5 Å². The van der Waals surface area contributed by atoms with Crippen LogP contribution in [0.15, 0.2) is 43.5 Å². The van der Waals surface area contributed by atoms with Gasteiger partial charge in [0.1, 0.15) is 16.4 Å². The molecule has 5 aromatic rings. The lowest BCUT2D eigenvalue weighted by molar-refractivity contribution is -0.154. The number of thiophene rings is 1. The van der Waals surface area contributed by atoms with E-state index in [1.54, 1.807) is 19.2 Å². The minimum Gasteiger partial charge on any atom is -0.457 e. The Balaban J connectivity index is 1.26. The number of ether oxygens (including phenoxy) is 1. The maximum absolute atomic E-state index is 16.3. The molecule has 2 fully saturated rings. The Hall–Kier alpha value is -4.10. The van der Waals surface area contributed by atoms with Crippen molar-refractivity contribution < 1.29 is 22.8 Å². The van der Waals surface area contributed by atoms with Gasteiger partial charge < -0.3 is 23.9 Å². The summed E-state index contributed by atoms with van der Waals surface area (Å²) >= 11 is 7.49. The molecule has 11 nitrogen and oxygen atoms in total. The normalized spacial score (nSPS) is 21.7. The monoisotopic (exact) mass is 624 g/mol. The highest BCUT2D eigenvalue weighted by Crippen LogP contribution is 2.45. The maximum atomic E-state index is 16.3. The fraction of sp³-hybridized carbons (Fsp3) is 0.379. The first-order chi connectivity index (χ1) is 20.8. The number of H-pyrrole nitrogens is 1. The van der Waals surface area contributed by atoms with Gasteiger partial charge in [-0.2, -0.15) is 0 Å². The molecule has 2 N–H and O–H groups in total. The van der Waals surface area contributed by atoms with E-state index in [-0.39, 0.29) is 46.5 Å². The summed E-state index contributed by atoms with van der Waals surface area (Å²) in [7, 11) is 0. The van der Waals surface area contributed by atoms with Crippen molar-refractivity contribution >= 4 is 45.9 Å². The van der Waals surface area contributed by atoms with Gasteiger partial charge in [0, 0.05) is 12.2 Å². The van der Waals surface area contributed by atoms with Crippen molar-refractivity contribution in [3.8, 4) is 22.0 Å². The molecule has 0 saturated heterocycles. The van der Waals surface area contributed by atoms with Crippen LogP contribution in [0, 0.1) is 30.5 Å². The van der Waals surface area contributed by atoms with Crippen molar-refractivity contribution in [2.45, 2.75) is 51.7 Å². The second kappa shape index (κ2) is 11.2. The number of carbonyl (C=O) groups excluding carboxylic acids is 1. The average molecular weight is 625 g/mol. The molecular weight excluding hydrogens is 599 g/mol. The molecule has 2 unspecified atom stereocenters. The largest absolute Gasteiger partial charge is 0.519 e. The third-order valence-electron chi connectivity index (χ3n) is 8.34. The fourth-order valence-electron chi connectivity index (χ4n) is 6.36. The first-order valence-corrected chi connectivity index (χ1v) is 15.2. The molecule has 0 spiro atoms. The van der Waals surface area contributed by atoms with Crippen molar-refractivity contribution in [3.05, 3.63) is 63.0 Å². The number of aryl methyl sites for hydroxylation is 1. The highest BCUT2D eigenvalue weighted by Gasteiger charge is 2.44. The van der Waals surface area contributed by atoms with Crippen LogP contribution < -0.4 is 11.1 Å². The molecule has 0 radical (unpaired) electrons. The van der Waals surface area contributed by atoms with Crippen molar-refractivity contribution in [2.24, 2.45) is 17.8 Å². The number of aromatic nitrogens is 5. The number of hydrogen-bond acceptors (Lipinski definition) is 11. The lowest BCUT2D eigenvalue weighted by Gasteiger charge is -2.44. The molecule has 5 aromatic heterocycles. The van der Waals surface area contributed by atoms with Crippen LogP contribution in [0.1, 0.15) is 43.6 Å². The lowest BCUT2D eigenvalue weighted by atomic mass is 9.65. The molecule has 2 saturated carbocycles. The summed E-state index contributed by atoms with van der Waals surface area (Å²) in [5.41, 5.74) is 1.60. The summed E-state index contributed by atoms with van der Waals surface area (Å²) in [6.45, 7) is 1.34. The predicted octanol–water partition coefficient (Wildman–Crippen LogP) is 6.14. The highest BCUT2D eigenvalue weighted by molar-refractivity contribution is 7.13. The van der Waals surface area contributed by atoms with Crippen LogP contribution in [-0.4, -0.2) is 36.9 Å². The molecule has 43 heavy (non-hydrogen) atoms. The van der Waals surface area contributed by atoms with Gasteiger partial charge in [-0.25, -0.2) is 29.1 Å². The smallest absolute Gasteiger partial charge is 0.457 e. The summed E-state index contributed by atoms with van der Waals surface area (Å²) in [4.78, 5) is 46.5. The molecule has 0 amide bonds. The number of anilines is 1. The minimum atomic E-state index is -0.852. The van der Waals surface area contributed by atoms with Crippen molar-refractivity contribution in [2.75, 3.05) is 5.32 Å². The Morgan fingerprint density at radius 1 is 1.26 bits per heavy atom. The zero-order valence-corrected chi connectivity index (χ0v) is 24.5. The zero-order chi connectivity index (χ0) is 29.7. The topological polar surface area (TPSA) is 149 Å². The average Bonchev–Trinajstić information content (AvgIpc) is 3.74. The molecule has 0 aromatic carbocycles. The number of rotatable bonds is 7. The standard InChI is InChI=1S/C29H26ClFN6O5S/c1-13-18(42-29(39)41-13)12-40-28(38)16-9-14-4-2-5-15(8-14)22(16)35-26-21(31)24(19-6-3-7-43-19)36-25(37-26)17-10-32-27-23(17)34-20(30)11-33-27/h3,6-7,10-11,14-16,22H,2,4-5,8-9,12H2,1H3,(H,32,33)(H,35,36,37)/t14?,15?,16-,22-/m0/s1. The maximum Gasteiger partial charge on any atom is 0.519 e. The predicted molar refractivity (Wildman–Crippen MR) is 156 cm³/mol. The zero-order valence-electron chi connectivity index (χ0n) is 22.9. The van der Waals surface area contributed by atoms with Gasteiger partial charge in [0.2, 0.25) is 0 Å². The number of nitrogens with one attached hydrogen (secondary N) is 2. The number of aromatic amines is 1. The van der Waals surface area contributed by atoms with E-state index >= 15 is 4.39 Å². The summed E-state index contributed by atoms with van der Waals surface area (Å²) in [5, 5.41) is 5.38. The molecular formula is C29H26ClFN6O5S.